The van der Waals surface area contributed by atoms with Crippen molar-refractivity contribution < 1.29 is 9.59 Å². The summed E-state index contributed by atoms with van der Waals surface area (Å²) in [6.45, 7) is 6.05. The summed E-state index contributed by atoms with van der Waals surface area (Å²) < 4.78 is 0. The zero-order valence-electron chi connectivity index (χ0n) is 16.0. The molecule has 2 aromatic rings. The van der Waals surface area contributed by atoms with Gasteiger partial charge in [-0.15, -0.1) is 0 Å². The number of carbonyl (C=O) groups is 2. The first-order chi connectivity index (χ1) is 12.9. The highest BCUT2D eigenvalue weighted by Crippen LogP contribution is 2.30. The number of anilines is 1. The van der Waals surface area contributed by atoms with Gasteiger partial charge < -0.3 is 5.32 Å². The van der Waals surface area contributed by atoms with Crippen LogP contribution < -0.4 is 10.7 Å². The number of nitrogens with zero attached hydrogens (tertiary/aromatic N) is 1. The third kappa shape index (κ3) is 5.03. The fourth-order valence-corrected chi connectivity index (χ4v) is 2.69. The highest BCUT2D eigenvalue weighted by Gasteiger charge is 2.29. The monoisotopic (exact) mass is 363 g/mol. The van der Waals surface area contributed by atoms with Crippen molar-refractivity contribution in [2.75, 3.05) is 5.32 Å². The molecule has 0 saturated heterocycles. The molecule has 140 valence electrons. The summed E-state index contributed by atoms with van der Waals surface area (Å²) in [5, 5.41) is 7.12. The van der Waals surface area contributed by atoms with Gasteiger partial charge in [0.2, 0.25) is 5.91 Å². The van der Waals surface area contributed by atoms with E-state index in [-0.39, 0.29) is 17.7 Å². The van der Waals surface area contributed by atoms with Gasteiger partial charge in [-0.25, -0.2) is 5.43 Å². The summed E-state index contributed by atoms with van der Waals surface area (Å²) in [7, 11) is 0. The Labute approximate surface area is 159 Å². The Balaban J connectivity index is 1.64. The van der Waals surface area contributed by atoms with E-state index in [1.165, 1.54) is 5.56 Å². The van der Waals surface area contributed by atoms with Crippen molar-refractivity contribution in [2.45, 2.75) is 39.5 Å². The zero-order valence-corrected chi connectivity index (χ0v) is 16.0. The van der Waals surface area contributed by atoms with Crippen LogP contribution in [0.3, 0.4) is 0 Å². The number of benzene rings is 2. The third-order valence-corrected chi connectivity index (χ3v) is 4.66. The van der Waals surface area contributed by atoms with E-state index in [9.17, 15) is 9.59 Å². The first-order valence-electron chi connectivity index (χ1n) is 9.30. The van der Waals surface area contributed by atoms with E-state index in [4.69, 9.17) is 0 Å². The lowest BCUT2D eigenvalue weighted by atomic mass is 10.0. The van der Waals surface area contributed by atoms with Crippen molar-refractivity contribution in [3.63, 3.8) is 0 Å². The van der Waals surface area contributed by atoms with Crippen LogP contribution >= 0.6 is 0 Å². The van der Waals surface area contributed by atoms with E-state index in [2.05, 4.69) is 29.7 Å². The molecule has 1 saturated carbocycles. The Hall–Kier alpha value is -2.95. The van der Waals surface area contributed by atoms with Gasteiger partial charge in [-0.2, -0.15) is 5.10 Å². The first-order valence-corrected chi connectivity index (χ1v) is 9.30. The molecule has 0 spiro atoms. The predicted molar refractivity (Wildman–Crippen MR) is 108 cm³/mol. The lowest BCUT2D eigenvalue weighted by Crippen LogP contribution is -2.19. The Bertz CT molecular complexity index is 865. The molecule has 0 bridgehead atoms. The van der Waals surface area contributed by atoms with Gasteiger partial charge in [0, 0.05) is 17.2 Å². The Morgan fingerprint density at radius 1 is 1.04 bits per heavy atom. The highest BCUT2D eigenvalue weighted by atomic mass is 16.2. The van der Waals surface area contributed by atoms with Gasteiger partial charge in [-0.05, 0) is 61.1 Å². The van der Waals surface area contributed by atoms with E-state index in [0.29, 0.717) is 17.2 Å². The lowest BCUT2D eigenvalue weighted by molar-refractivity contribution is -0.117. The molecule has 0 atom stereocenters. The topological polar surface area (TPSA) is 70.6 Å². The molecule has 0 aliphatic heterocycles. The van der Waals surface area contributed by atoms with Gasteiger partial charge in [-0.3, -0.25) is 9.59 Å². The van der Waals surface area contributed by atoms with Crippen LogP contribution in [0.5, 0.6) is 0 Å². The molecule has 0 heterocycles. The third-order valence-electron chi connectivity index (χ3n) is 4.66. The molecular formula is C22H25N3O2. The summed E-state index contributed by atoms with van der Waals surface area (Å²) in [6, 6.07) is 15.0. The minimum Gasteiger partial charge on any atom is -0.326 e. The van der Waals surface area contributed by atoms with Crippen molar-refractivity contribution in [2.24, 2.45) is 11.0 Å². The number of nitrogens with one attached hydrogen (secondary N) is 2. The zero-order chi connectivity index (χ0) is 19.4. The van der Waals surface area contributed by atoms with Gasteiger partial charge in [0.25, 0.3) is 5.91 Å². The minimum absolute atomic E-state index is 0.0693. The standard InChI is InChI=1S/C22H25N3O2/c1-14(2)16-7-9-18(10-8-16)22(27)25-24-15(3)19-5-4-6-20(13-19)23-21(26)17-11-12-17/h4-10,13-14,17H,11-12H2,1-3H3,(H,23,26)(H,25,27). The molecular weight excluding hydrogens is 338 g/mol. The van der Waals surface area contributed by atoms with Gasteiger partial charge >= 0.3 is 0 Å². The molecule has 3 rings (SSSR count). The molecule has 0 unspecified atom stereocenters. The van der Waals surface area contributed by atoms with Crippen molar-refractivity contribution in [3.8, 4) is 0 Å². The fourth-order valence-electron chi connectivity index (χ4n) is 2.69. The summed E-state index contributed by atoms with van der Waals surface area (Å²) >= 11 is 0. The molecule has 1 aliphatic carbocycles. The fraction of sp³-hybridized carbons (Fsp3) is 0.318. The van der Waals surface area contributed by atoms with Crippen molar-refractivity contribution >= 4 is 23.2 Å². The quantitative estimate of drug-likeness (QED) is 0.593. The first kappa shape index (κ1) is 18.8. The molecule has 1 fully saturated rings. The number of carbonyl (C=O) groups excluding carboxylic acids is 2. The van der Waals surface area contributed by atoms with Crippen molar-refractivity contribution in [3.05, 3.63) is 65.2 Å². The second-order valence-electron chi connectivity index (χ2n) is 7.26. The predicted octanol–water partition coefficient (Wildman–Crippen LogP) is 4.31. The summed E-state index contributed by atoms with van der Waals surface area (Å²) in [6.07, 6.45) is 1.94. The molecule has 0 radical (unpaired) electrons. The maximum Gasteiger partial charge on any atom is 0.271 e. The normalized spacial score (nSPS) is 14.1. The number of rotatable bonds is 6. The lowest BCUT2D eigenvalue weighted by Gasteiger charge is -2.08. The Kier molecular flexibility index (Phi) is 5.69. The SMILES string of the molecule is CC(=NNC(=O)c1ccc(C(C)C)cc1)c1cccc(NC(=O)C2CC2)c1. The Morgan fingerprint density at radius 3 is 2.37 bits per heavy atom. The van der Waals surface area contributed by atoms with E-state index in [0.717, 1.165) is 24.1 Å². The average molecular weight is 363 g/mol. The summed E-state index contributed by atoms with van der Waals surface area (Å²) in [5.74, 6) is 0.405. The maximum atomic E-state index is 12.3. The van der Waals surface area contributed by atoms with Crippen LogP contribution in [-0.2, 0) is 4.79 Å². The maximum absolute atomic E-state index is 12.3. The molecule has 5 nitrogen and oxygen atoms in total. The number of amides is 2. The average Bonchev–Trinajstić information content (AvgIpc) is 3.51. The van der Waals surface area contributed by atoms with Crippen LogP contribution in [0.25, 0.3) is 0 Å². The molecule has 27 heavy (non-hydrogen) atoms. The highest BCUT2D eigenvalue weighted by molar-refractivity contribution is 6.02. The van der Waals surface area contributed by atoms with E-state index in [1.807, 2.05) is 55.5 Å². The van der Waals surface area contributed by atoms with Crippen LogP contribution in [-0.4, -0.2) is 17.5 Å². The largest absolute Gasteiger partial charge is 0.326 e. The van der Waals surface area contributed by atoms with E-state index in [1.54, 1.807) is 0 Å². The molecule has 5 heteroatoms. The van der Waals surface area contributed by atoms with Crippen LogP contribution in [0.4, 0.5) is 5.69 Å². The minimum atomic E-state index is -0.247. The number of hydrazone groups is 1. The molecule has 0 aromatic heterocycles. The van der Waals surface area contributed by atoms with Crippen molar-refractivity contribution in [1.29, 1.82) is 0 Å². The second-order valence-corrected chi connectivity index (χ2v) is 7.26. The molecule has 2 aromatic carbocycles. The van der Waals surface area contributed by atoms with E-state index >= 15 is 0 Å². The number of hydrogen-bond donors (Lipinski definition) is 2. The summed E-state index contributed by atoms with van der Waals surface area (Å²) in [4.78, 5) is 24.2. The molecule has 2 amide bonds. The molecule has 1 aliphatic rings. The smallest absolute Gasteiger partial charge is 0.271 e. The van der Waals surface area contributed by atoms with Gasteiger partial charge in [0.05, 0.1) is 5.71 Å². The number of hydrogen-bond acceptors (Lipinski definition) is 3. The van der Waals surface area contributed by atoms with Crippen LogP contribution in [0.15, 0.2) is 53.6 Å². The van der Waals surface area contributed by atoms with Crippen molar-refractivity contribution in [1.82, 2.24) is 5.43 Å². The van der Waals surface area contributed by atoms with Gasteiger partial charge in [-0.1, -0.05) is 38.1 Å². The van der Waals surface area contributed by atoms with E-state index < -0.39 is 0 Å². The van der Waals surface area contributed by atoms with Crippen LogP contribution in [0, 0.1) is 5.92 Å². The van der Waals surface area contributed by atoms with Gasteiger partial charge in [0.15, 0.2) is 0 Å². The van der Waals surface area contributed by atoms with Crippen LogP contribution in [0.2, 0.25) is 0 Å². The van der Waals surface area contributed by atoms with Crippen LogP contribution in [0.1, 0.15) is 61.0 Å². The Morgan fingerprint density at radius 2 is 1.74 bits per heavy atom. The van der Waals surface area contributed by atoms with Gasteiger partial charge in [0.1, 0.15) is 0 Å². The molecule has 2 N–H and O–H groups in total. The second kappa shape index (κ2) is 8.16. The summed E-state index contributed by atoms with van der Waals surface area (Å²) in [5.41, 5.74) is 6.62.